The summed E-state index contributed by atoms with van der Waals surface area (Å²) in [5.74, 6) is 0. The molecule has 0 atom stereocenters. The number of ether oxygens (including phenoxy) is 1. The molecular weight excluding hydrogens is 400 g/mol. The van der Waals surface area contributed by atoms with Crippen molar-refractivity contribution in [1.82, 2.24) is 19.4 Å². The normalized spacial score (nSPS) is 13.8. The number of aromatic nitrogens is 3. The van der Waals surface area contributed by atoms with Crippen LogP contribution in [-0.2, 0) is 11.8 Å². The number of hydrogen-bond donors (Lipinski definition) is 0. The van der Waals surface area contributed by atoms with E-state index in [4.69, 9.17) is 4.74 Å². The lowest BCUT2D eigenvalue weighted by atomic mass is 10.0. The highest BCUT2D eigenvalue weighted by Gasteiger charge is 2.23. The Morgan fingerprint density at radius 3 is 2.50 bits per heavy atom. The minimum absolute atomic E-state index is 0.167. The van der Waals surface area contributed by atoms with Gasteiger partial charge in [0.2, 0.25) is 0 Å². The van der Waals surface area contributed by atoms with Crippen LogP contribution in [-0.4, -0.2) is 44.2 Å². The van der Waals surface area contributed by atoms with Crippen molar-refractivity contribution in [2.24, 2.45) is 7.05 Å². The Kier molecular flexibility index (Phi) is 6.12. The van der Waals surface area contributed by atoms with Gasteiger partial charge in [0.1, 0.15) is 5.60 Å². The molecular formula is C26H30N4O2. The van der Waals surface area contributed by atoms with Crippen molar-refractivity contribution < 1.29 is 9.53 Å². The van der Waals surface area contributed by atoms with Gasteiger partial charge < -0.3 is 14.2 Å². The van der Waals surface area contributed by atoms with Crippen molar-refractivity contribution in [2.45, 2.75) is 39.2 Å². The van der Waals surface area contributed by atoms with E-state index in [1.807, 2.05) is 32.9 Å². The maximum atomic E-state index is 11.4. The Bertz CT molecular complexity index is 1230. The molecule has 0 aliphatic carbocycles. The number of para-hydroxylation sites is 1. The van der Waals surface area contributed by atoms with Gasteiger partial charge in [-0.3, -0.25) is 9.97 Å². The molecule has 0 saturated carbocycles. The number of carbonyl (C=O) groups excluding carboxylic acids is 1. The second-order valence-corrected chi connectivity index (χ2v) is 9.10. The molecule has 1 fully saturated rings. The highest BCUT2D eigenvalue weighted by molar-refractivity contribution is 5.94. The van der Waals surface area contributed by atoms with Crippen LogP contribution in [0, 0.1) is 0 Å². The number of hydrogen-bond acceptors (Lipinski definition) is 4. The van der Waals surface area contributed by atoms with E-state index in [0.29, 0.717) is 0 Å². The molecule has 1 aliphatic heterocycles. The van der Waals surface area contributed by atoms with E-state index in [2.05, 4.69) is 58.1 Å². The molecule has 4 aromatic rings. The summed E-state index contributed by atoms with van der Waals surface area (Å²) in [6, 6.07) is 14.8. The molecule has 1 amide bonds. The first-order valence-electron chi connectivity index (χ1n) is 11.0. The summed E-state index contributed by atoms with van der Waals surface area (Å²) in [5.41, 5.74) is 5.03. The molecule has 32 heavy (non-hydrogen) atoms. The molecule has 1 aliphatic rings. The maximum Gasteiger partial charge on any atom is 0.410 e. The second kappa shape index (κ2) is 8.99. The molecule has 6 nitrogen and oxygen atoms in total. The maximum absolute atomic E-state index is 11.4. The molecule has 0 spiro atoms. The van der Waals surface area contributed by atoms with E-state index in [0.717, 1.165) is 42.5 Å². The Hall–Kier alpha value is -3.41. The molecule has 166 valence electrons. The summed E-state index contributed by atoms with van der Waals surface area (Å²) in [7, 11) is 2.06. The van der Waals surface area contributed by atoms with Crippen LogP contribution >= 0.6 is 0 Å². The van der Waals surface area contributed by atoms with Crippen LogP contribution in [0.2, 0.25) is 0 Å². The molecule has 5 rings (SSSR count). The third-order valence-electron chi connectivity index (χ3n) is 5.46. The number of benzene rings is 2. The highest BCUT2D eigenvalue weighted by Crippen LogP contribution is 2.29. The third kappa shape index (κ3) is 4.90. The predicted molar refractivity (Wildman–Crippen MR) is 128 cm³/mol. The lowest BCUT2D eigenvalue weighted by Gasteiger charge is -2.23. The minimum Gasteiger partial charge on any atom is -0.444 e. The van der Waals surface area contributed by atoms with Crippen LogP contribution in [0.15, 0.2) is 61.1 Å². The van der Waals surface area contributed by atoms with Crippen molar-refractivity contribution in [3.05, 3.63) is 61.1 Å². The third-order valence-corrected chi connectivity index (χ3v) is 5.46. The van der Waals surface area contributed by atoms with Crippen LogP contribution in [0.4, 0.5) is 4.79 Å². The number of amides is 1. The summed E-state index contributed by atoms with van der Waals surface area (Å²) in [6.45, 7) is 7.38. The fraction of sp³-hybridized carbons (Fsp3) is 0.346. The molecule has 6 heteroatoms. The summed E-state index contributed by atoms with van der Waals surface area (Å²) in [4.78, 5) is 22.0. The predicted octanol–water partition coefficient (Wildman–Crippen LogP) is 5.81. The lowest BCUT2D eigenvalue weighted by Crippen LogP contribution is -2.34. The van der Waals surface area contributed by atoms with Gasteiger partial charge in [-0.2, -0.15) is 0 Å². The molecule has 3 heterocycles. The van der Waals surface area contributed by atoms with Gasteiger partial charge in [0, 0.05) is 49.8 Å². The quantitative estimate of drug-likeness (QED) is 0.383. The van der Waals surface area contributed by atoms with Crippen LogP contribution in [0.25, 0.3) is 33.1 Å². The van der Waals surface area contributed by atoms with Gasteiger partial charge >= 0.3 is 6.09 Å². The molecule has 0 bridgehead atoms. The van der Waals surface area contributed by atoms with E-state index < -0.39 is 0 Å². The molecule has 2 aromatic carbocycles. The lowest BCUT2D eigenvalue weighted by molar-refractivity contribution is 0.0295. The standard InChI is InChI=1S/C17H13N3.C9H17NO2/c1-20-10-7-12-5-6-13(11-16(12)20)14-3-2-4-15-17(14)19-9-8-18-15;1-9(2,3)12-8(11)10-6-4-5-7-10/h2-11H,1H3;4-7H2,1-3H3. The zero-order valence-electron chi connectivity index (χ0n) is 19.2. The van der Waals surface area contributed by atoms with Crippen molar-refractivity contribution >= 4 is 28.0 Å². The van der Waals surface area contributed by atoms with Gasteiger partial charge in [0.15, 0.2) is 0 Å². The zero-order valence-corrected chi connectivity index (χ0v) is 19.2. The summed E-state index contributed by atoms with van der Waals surface area (Å²) in [5, 5.41) is 1.25. The largest absolute Gasteiger partial charge is 0.444 e. The van der Waals surface area contributed by atoms with E-state index in [9.17, 15) is 4.79 Å². The summed E-state index contributed by atoms with van der Waals surface area (Å²) in [6.07, 6.45) is 7.61. The van der Waals surface area contributed by atoms with Gasteiger partial charge in [0.05, 0.1) is 11.0 Å². The monoisotopic (exact) mass is 430 g/mol. The first-order chi connectivity index (χ1) is 15.3. The minimum atomic E-state index is -0.361. The van der Waals surface area contributed by atoms with Gasteiger partial charge in [-0.05, 0) is 62.8 Å². The van der Waals surface area contributed by atoms with Crippen LogP contribution in [0.3, 0.4) is 0 Å². The average molecular weight is 431 g/mol. The molecule has 0 radical (unpaired) electrons. The fourth-order valence-corrected chi connectivity index (χ4v) is 3.88. The van der Waals surface area contributed by atoms with Crippen LogP contribution in [0.5, 0.6) is 0 Å². The van der Waals surface area contributed by atoms with Crippen molar-refractivity contribution in [3.63, 3.8) is 0 Å². The number of carbonyl (C=O) groups is 1. The first-order valence-corrected chi connectivity index (χ1v) is 11.0. The summed E-state index contributed by atoms with van der Waals surface area (Å²) < 4.78 is 7.34. The second-order valence-electron chi connectivity index (χ2n) is 9.10. The van der Waals surface area contributed by atoms with Gasteiger partial charge in [-0.1, -0.05) is 24.3 Å². The van der Waals surface area contributed by atoms with Crippen molar-refractivity contribution in [2.75, 3.05) is 13.1 Å². The van der Waals surface area contributed by atoms with Crippen molar-refractivity contribution in [1.29, 1.82) is 0 Å². The Morgan fingerprint density at radius 1 is 1.00 bits per heavy atom. The Morgan fingerprint density at radius 2 is 1.75 bits per heavy atom. The zero-order chi connectivity index (χ0) is 22.7. The summed E-state index contributed by atoms with van der Waals surface area (Å²) >= 11 is 0. The SMILES string of the molecule is CC(C)(C)OC(=O)N1CCCC1.Cn1ccc2ccc(-c3cccc4nccnc34)cc21. The van der Waals surface area contributed by atoms with E-state index >= 15 is 0 Å². The number of fused-ring (bicyclic) bond motifs is 2. The molecule has 2 aromatic heterocycles. The van der Waals surface area contributed by atoms with Gasteiger partial charge in [0.25, 0.3) is 0 Å². The van der Waals surface area contributed by atoms with E-state index in [1.54, 1.807) is 17.3 Å². The van der Waals surface area contributed by atoms with Crippen LogP contribution < -0.4 is 0 Å². The Labute approximate surface area is 188 Å². The number of nitrogens with zero attached hydrogens (tertiary/aromatic N) is 4. The number of likely N-dealkylation sites (tertiary alicyclic amines) is 1. The van der Waals surface area contributed by atoms with Gasteiger partial charge in [-0.15, -0.1) is 0 Å². The first kappa shape index (κ1) is 21.8. The van der Waals surface area contributed by atoms with E-state index in [1.165, 1.54) is 16.5 Å². The highest BCUT2D eigenvalue weighted by atomic mass is 16.6. The molecule has 0 unspecified atom stereocenters. The average Bonchev–Trinajstić information content (AvgIpc) is 3.43. The molecule has 1 saturated heterocycles. The number of aryl methyl sites for hydroxylation is 1. The van der Waals surface area contributed by atoms with E-state index in [-0.39, 0.29) is 11.7 Å². The molecule has 0 N–H and O–H groups in total. The topological polar surface area (TPSA) is 60.2 Å². The number of rotatable bonds is 1. The van der Waals surface area contributed by atoms with Crippen molar-refractivity contribution in [3.8, 4) is 11.1 Å². The van der Waals surface area contributed by atoms with Crippen LogP contribution in [0.1, 0.15) is 33.6 Å². The van der Waals surface area contributed by atoms with Gasteiger partial charge in [-0.25, -0.2) is 4.79 Å². The fourth-order valence-electron chi connectivity index (χ4n) is 3.88. The smallest absolute Gasteiger partial charge is 0.410 e. The Balaban J connectivity index is 0.000000176.